The summed E-state index contributed by atoms with van der Waals surface area (Å²) in [5.74, 6) is 0.554. The summed E-state index contributed by atoms with van der Waals surface area (Å²) in [6, 6.07) is 5.08. The quantitative estimate of drug-likeness (QED) is 0.891. The summed E-state index contributed by atoms with van der Waals surface area (Å²) >= 11 is 2.84. The molecule has 6 nitrogen and oxygen atoms in total. The molecule has 1 amide bonds. The Morgan fingerprint density at radius 1 is 1.45 bits per heavy atom. The summed E-state index contributed by atoms with van der Waals surface area (Å²) in [4.78, 5) is 13.1. The third-order valence-corrected chi connectivity index (χ3v) is 6.17. The van der Waals surface area contributed by atoms with E-state index >= 15 is 0 Å². The van der Waals surface area contributed by atoms with Gasteiger partial charge in [0.15, 0.2) is 0 Å². The molecule has 0 radical (unpaired) electrons. The van der Waals surface area contributed by atoms with Crippen LogP contribution in [0, 0.1) is 6.92 Å². The highest BCUT2D eigenvalue weighted by Gasteiger charge is 2.39. The van der Waals surface area contributed by atoms with Crippen molar-refractivity contribution in [3.05, 3.63) is 22.9 Å². The second kappa shape index (κ2) is 5.68. The minimum Gasteiger partial charge on any atom is -0.416 e. The molecule has 2 aromatic rings. The van der Waals surface area contributed by atoms with E-state index in [0.717, 1.165) is 21.9 Å². The van der Waals surface area contributed by atoms with Crippen molar-refractivity contribution < 1.29 is 9.21 Å². The van der Waals surface area contributed by atoms with Crippen LogP contribution in [0.15, 0.2) is 26.0 Å². The number of hydrogen-bond donors (Lipinski definition) is 2. The maximum atomic E-state index is 12.4. The third kappa shape index (κ3) is 2.78. The molecule has 2 bridgehead atoms. The molecule has 0 aromatic carbocycles. The Kier molecular flexibility index (Phi) is 3.67. The summed E-state index contributed by atoms with van der Waals surface area (Å²) in [6.45, 7) is 1.76. The smallest absolute Gasteiger partial charge is 0.282 e. The van der Waals surface area contributed by atoms with Gasteiger partial charge in [0.1, 0.15) is 0 Å². The predicted molar refractivity (Wildman–Crippen MR) is 83.3 cm³/mol. The summed E-state index contributed by atoms with van der Waals surface area (Å²) in [7, 11) is 0. The molecule has 2 saturated heterocycles. The van der Waals surface area contributed by atoms with Gasteiger partial charge in [0.05, 0.1) is 9.09 Å². The second-order valence-electron chi connectivity index (χ2n) is 5.67. The lowest BCUT2D eigenvalue weighted by atomic mass is 9.95. The molecule has 4 rings (SSSR count). The summed E-state index contributed by atoms with van der Waals surface area (Å²) < 4.78 is 6.31. The van der Waals surface area contributed by atoms with E-state index in [1.165, 1.54) is 29.5 Å². The molecule has 116 valence electrons. The first kappa shape index (κ1) is 14.2. The first-order valence-electron chi connectivity index (χ1n) is 7.32. The molecule has 8 heteroatoms. The molecular formula is C14H16N4O2S2. The first-order chi connectivity index (χ1) is 10.7. The van der Waals surface area contributed by atoms with Gasteiger partial charge in [0, 0.05) is 25.0 Å². The van der Waals surface area contributed by atoms with E-state index in [4.69, 9.17) is 4.42 Å². The molecular weight excluding hydrogens is 320 g/mol. The van der Waals surface area contributed by atoms with Crippen LogP contribution >= 0.6 is 23.1 Å². The number of nitrogens with zero attached hydrogens (tertiary/aromatic N) is 2. The maximum absolute atomic E-state index is 12.4. The van der Waals surface area contributed by atoms with Gasteiger partial charge in [0.2, 0.25) is 5.89 Å². The molecule has 0 saturated carbocycles. The zero-order chi connectivity index (χ0) is 15.1. The number of carbonyl (C=O) groups is 1. The van der Waals surface area contributed by atoms with Crippen LogP contribution in [0.4, 0.5) is 0 Å². The Hall–Kier alpha value is -1.38. The van der Waals surface area contributed by atoms with Crippen LogP contribution in [0.25, 0.3) is 0 Å². The van der Waals surface area contributed by atoms with Crippen LogP contribution in [0.5, 0.6) is 0 Å². The number of fused-ring (bicyclic) bond motifs is 2. The van der Waals surface area contributed by atoms with Gasteiger partial charge in [-0.1, -0.05) is 0 Å². The molecule has 3 atom stereocenters. The molecule has 22 heavy (non-hydrogen) atoms. The Balaban J connectivity index is 1.39. The lowest BCUT2D eigenvalue weighted by Gasteiger charge is -2.20. The molecule has 0 spiro atoms. The standard InChI is InChI=1S/C14H16N4O2S2/c1-7-17-18-14(20-7)22-12-5-4-11(21-12)13(19)16-10-6-8-2-3-9(10)15-8/h4-5,8-10,15H,2-3,6H2,1H3,(H,16,19). The zero-order valence-corrected chi connectivity index (χ0v) is 13.7. The van der Waals surface area contributed by atoms with E-state index in [-0.39, 0.29) is 11.9 Å². The number of hydrogen-bond acceptors (Lipinski definition) is 7. The minimum atomic E-state index is 0.0120. The Morgan fingerprint density at radius 3 is 3.05 bits per heavy atom. The SMILES string of the molecule is Cc1nnc(Sc2ccc(C(=O)NC3CC4CCC3N4)s2)o1. The molecule has 0 aliphatic carbocycles. The molecule has 2 aliphatic rings. The van der Waals surface area contributed by atoms with Crippen molar-refractivity contribution in [2.24, 2.45) is 0 Å². The van der Waals surface area contributed by atoms with Crippen molar-refractivity contribution in [2.75, 3.05) is 0 Å². The Bertz CT molecular complexity index is 699. The van der Waals surface area contributed by atoms with Crippen molar-refractivity contribution in [1.29, 1.82) is 0 Å². The molecule has 2 aromatic heterocycles. The van der Waals surface area contributed by atoms with Gasteiger partial charge in [-0.3, -0.25) is 4.79 Å². The lowest BCUT2D eigenvalue weighted by molar-refractivity contribution is 0.0935. The molecule has 2 aliphatic heterocycles. The fraction of sp³-hybridized carbons (Fsp3) is 0.500. The second-order valence-corrected chi connectivity index (χ2v) is 8.01. The van der Waals surface area contributed by atoms with Crippen LogP contribution in [-0.2, 0) is 0 Å². The van der Waals surface area contributed by atoms with E-state index in [9.17, 15) is 4.79 Å². The largest absolute Gasteiger partial charge is 0.416 e. The van der Waals surface area contributed by atoms with Gasteiger partial charge in [-0.25, -0.2) is 0 Å². The number of thiophene rings is 1. The Labute approximate surface area is 136 Å². The average Bonchev–Trinajstić information content (AvgIpc) is 3.24. The normalized spacial score (nSPS) is 26.5. The maximum Gasteiger partial charge on any atom is 0.282 e. The van der Waals surface area contributed by atoms with E-state index < -0.39 is 0 Å². The highest BCUT2D eigenvalue weighted by atomic mass is 32.2. The highest BCUT2D eigenvalue weighted by molar-refractivity contribution is 8.01. The number of aromatic nitrogens is 2. The summed E-state index contributed by atoms with van der Waals surface area (Å²) in [5.41, 5.74) is 0. The topological polar surface area (TPSA) is 80.0 Å². The number of amides is 1. The number of aryl methyl sites for hydroxylation is 1. The van der Waals surface area contributed by atoms with Crippen molar-refractivity contribution in [2.45, 2.75) is 53.7 Å². The van der Waals surface area contributed by atoms with Gasteiger partial charge in [-0.2, -0.15) is 0 Å². The molecule has 3 unspecified atom stereocenters. The molecule has 4 heterocycles. The summed E-state index contributed by atoms with van der Waals surface area (Å²) in [5, 5.41) is 14.9. The van der Waals surface area contributed by atoms with Crippen molar-refractivity contribution >= 4 is 29.0 Å². The number of rotatable bonds is 4. The van der Waals surface area contributed by atoms with Crippen LogP contribution in [0.2, 0.25) is 0 Å². The molecule has 2 fully saturated rings. The highest BCUT2D eigenvalue weighted by Crippen LogP contribution is 2.33. The fourth-order valence-electron chi connectivity index (χ4n) is 3.13. The average molecular weight is 336 g/mol. The zero-order valence-electron chi connectivity index (χ0n) is 12.0. The van der Waals surface area contributed by atoms with Crippen molar-refractivity contribution in [1.82, 2.24) is 20.8 Å². The minimum absolute atomic E-state index is 0.0120. The van der Waals surface area contributed by atoms with E-state index in [2.05, 4.69) is 20.8 Å². The van der Waals surface area contributed by atoms with Gasteiger partial charge >= 0.3 is 0 Å². The van der Waals surface area contributed by atoms with E-state index in [1.807, 2.05) is 12.1 Å². The molecule has 2 N–H and O–H groups in total. The van der Waals surface area contributed by atoms with E-state index in [1.54, 1.807) is 6.92 Å². The lowest BCUT2D eigenvalue weighted by Crippen LogP contribution is -2.42. The predicted octanol–water partition coefficient (Wildman–Crippen LogP) is 2.21. The van der Waals surface area contributed by atoms with E-state index in [0.29, 0.717) is 23.2 Å². The number of nitrogens with one attached hydrogen (secondary N) is 2. The van der Waals surface area contributed by atoms with Crippen LogP contribution in [0.1, 0.15) is 34.8 Å². The third-order valence-electron chi connectivity index (χ3n) is 4.12. The Morgan fingerprint density at radius 2 is 2.36 bits per heavy atom. The monoisotopic (exact) mass is 336 g/mol. The van der Waals surface area contributed by atoms with Crippen molar-refractivity contribution in [3.8, 4) is 0 Å². The van der Waals surface area contributed by atoms with Crippen LogP contribution in [0.3, 0.4) is 0 Å². The van der Waals surface area contributed by atoms with Gasteiger partial charge in [-0.15, -0.1) is 21.5 Å². The van der Waals surface area contributed by atoms with Crippen LogP contribution in [-0.4, -0.2) is 34.2 Å². The van der Waals surface area contributed by atoms with Gasteiger partial charge < -0.3 is 15.1 Å². The van der Waals surface area contributed by atoms with Crippen molar-refractivity contribution in [3.63, 3.8) is 0 Å². The fourth-order valence-corrected chi connectivity index (χ4v) is 4.97. The first-order valence-corrected chi connectivity index (χ1v) is 8.95. The number of carbonyl (C=O) groups excluding carboxylic acids is 1. The summed E-state index contributed by atoms with van der Waals surface area (Å²) in [6.07, 6.45) is 3.45. The van der Waals surface area contributed by atoms with Crippen LogP contribution < -0.4 is 10.6 Å². The van der Waals surface area contributed by atoms with Gasteiger partial charge in [-0.05, 0) is 43.2 Å². The van der Waals surface area contributed by atoms with Gasteiger partial charge in [0.25, 0.3) is 11.1 Å².